The summed E-state index contributed by atoms with van der Waals surface area (Å²) in [4.78, 5) is 11.2. The van der Waals surface area contributed by atoms with Gasteiger partial charge in [-0.15, -0.1) is 11.3 Å². The van der Waals surface area contributed by atoms with E-state index in [0.29, 0.717) is 0 Å². The Bertz CT molecular complexity index is 394. The lowest BCUT2D eigenvalue weighted by Gasteiger charge is -1.93. The van der Waals surface area contributed by atoms with Crippen LogP contribution in [-0.2, 0) is 4.74 Å². The number of carbonyl (C=O) groups excluding carboxylic acids is 1. The number of methoxy groups -OCH3 is 1. The van der Waals surface area contributed by atoms with Gasteiger partial charge in [0.1, 0.15) is 15.3 Å². The van der Waals surface area contributed by atoms with Crippen LogP contribution in [-0.4, -0.2) is 13.1 Å². The van der Waals surface area contributed by atoms with E-state index in [1.54, 1.807) is 6.07 Å². The molecule has 0 aromatic carbocycles. The van der Waals surface area contributed by atoms with Gasteiger partial charge in [-0.05, 0) is 0 Å². The van der Waals surface area contributed by atoms with Crippen molar-refractivity contribution in [3.8, 4) is 6.07 Å². The first-order valence-corrected chi connectivity index (χ1v) is 4.65. The fourth-order valence-corrected chi connectivity index (χ4v) is 2.14. The Morgan fingerprint density at radius 1 is 1.62 bits per heavy atom. The van der Waals surface area contributed by atoms with Crippen LogP contribution in [0.15, 0.2) is 0 Å². The predicted octanol–water partition coefficient (Wildman–Crippen LogP) is 2.71. The molecule has 68 valence electrons. The molecule has 1 aromatic heterocycles. The minimum Gasteiger partial charge on any atom is -0.465 e. The van der Waals surface area contributed by atoms with Crippen molar-refractivity contribution in [2.45, 2.75) is 0 Å². The van der Waals surface area contributed by atoms with Gasteiger partial charge < -0.3 is 4.74 Å². The molecular weight excluding hydrogens is 233 g/mol. The topological polar surface area (TPSA) is 50.1 Å². The molecule has 3 nitrogen and oxygen atoms in total. The number of halogens is 2. The first-order chi connectivity index (χ1) is 6.11. The van der Waals surface area contributed by atoms with Crippen molar-refractivity contribution < 1.29 is 9.53 Å². The van der Waals surface area contributed by atoms with Crippen LogP contribution in [0.4, 0.5) is 0 Å². The number of thiophene rings is 1. The predicted molar refractivity (Wildman–Crippen MR) is 50.4 cm³/mol. The molecule has 0 aliphatic rings. The number of hydrogen-bond donors (Lipinski definition) is 0. The Balaban J connectivity index is 3.31. The molecule has 0 spiro atoms. The second kappa shape index (κ2) is 3.97. The van der Waals surface area contributed by atoms with Gasteiger partial charge in [-0.3, -0.25) is 0 Å². The van der Waals surface area contributed by atoms with Gasteiger partial charge in [0, 0.05) is 0 Å². The van der Waals surface area contributed by atoms with Gasteiger partial charge in [-0.2, -0.15) is 5.26 Å². The minimum atomic E-state index is -0.602. The van der Waals surface area contributed by atoms with E-state index in [0.717, 1.165) is 11.3 Å². The smallest absolute Gasteiger partial charge is 0.349 e. The highest BCUT2D eigenvalue weighted by Crippen LogP contribution is 2.36. The normalized spacial score (nSPS) is 9.38. The SMILES string of the molecule is COC(=O)c1sc(Cl)c(Cl)c1C#N. The standard InChI is InChI=1S/C7H3Cl2NO2S/c1-12-7(11)5-3(2-10)4(8)6(9)13-5/h1H3. The fraction of sp³-hybridized carbons (Fsp3) is 0.143. The molecule has 0 unspecified atom stereocenters. The largest absolute Gasteiger partial charge is 0.465 e. The van der Waals surface area contributed by atoms with Gasteiger partial charge in [0.25, 0.3) is 0 Å². The van der Waals surface area contributed by atoms with Crippen molar-refractivity contribution in [2.75, 3.05) is 7.11 Å². The molecule has 6 heteroatoms. The van der Waals surface area contributed by atoms with E-state index in [4.69, 9.17) is 28.5 Å². The van der Waals surface area contributed by atoms with Crippen molar-refractivity contribution in [1.29, 1.82) is 5.26 Å². The van der Waals surface area contributed by atoms with Crippen LogP contribution in [0.5, 0.6) is 0 Å². The molecule has 0 radical (unpaired) electrons. The molecule has 0 bridgehead atoms. The van der Waals surface area contributed by atoms with Crippen LogP contribution < -0.4 is 0 Å². The quantitative estimate of drug-likeness (QED) is 0.704. The van der Waals surface area contributed by atoms with Crippen LogP contribution in [0.1, 0.15) is 15.2 Å². The molecule has 0 aliphatic carbocycles. The summed E-state index contributed by atoms with van der Waals surface area (Å²) in [5.41, 5.74) is 0.0727. The van der Waals surface area contributed by atoms with E-state index in [9.17, 15) is 4.79 Å². The molecule has 0 saturated carbocycles. The summed E-state index contributed by atoms with van der Waals surface area (Å²) < 4.78 is 4.67. The molecule has 0 fully saturated rings. The summed E-state index contributed by atoms with van der Waals surface area (Å²) >= 11 is 12.2. The third-order valence-electron chi connectivity index (χ3n) is 1.29. The van der Waals surface area contributed by atoms with E-state index in [1.165, 1.54) is 7.11 Å². The summed E-state index contributed by atoms with van der Waals surface area (Å²) in [6.07, 6.45) is 0. The minimum absolute atomic E-state index is 0.0727. The highest BCUT2D eigenvalue weighted by atomic mass is 35.5. The maximum Gasteiger partial charge on any atom is 0.349 e. The Morgan fingerprint density at radius 2 is 2.23 bits per heavy atom. The Morgan fingerprint density at radius 3 is 2.69 bits per heavy atom. The second-order valence-corrected chi connectivity index (χ2v) is 4.00. The summed E-state index contributed by atoms with van der Waals surface area (Å²) in [5, 5.41) is 8.77. The molecule has 0 aliphatic heterocycles. The Hall–Kier alpha value is -0.760. The number of hydrogen-bond acceptors (Lipinski definition) is 4. The van der Waals surface area contributed by atoms with Crippen molar-refractivity contribution in [3.05, 3.63) is 19.8 Å². The van der Waals surface area contributed by atoms with Gasteiger partial charge >= 0.3 is 5.97 Å². The number of nitrogens with zero attached hydrogens (tertiary/aromatic N) is 1. The average Bonchev–Trinajstić information content (AvgIpc) is 2.42. The Kier molecular flexibility index (Phi) is 3.15. The molecule has 0 amide bonds. The van der Waals surface area contributed by atoms with Crippen LogP contribution in [0, 0.1) is 11.3 Å². The zero-order valence-corrected chi connectivity index (χ0v) is 8.76. The fourth-order valence-electron chi connectivity index (χ4n) is 0.720. The highest BCUT2D eigenvalue weighted by molar-refractivity contribution is 7.19. The lowest BCUT2D eigenvalue weighted by molar-refractivity contribution is 0.0606. The maximum atomic E-state index is 11.1. The molecule has 0 saturated heterocycles. The van der Waals surface area contributed by atoms with Crippen LogP contribution >= 0.6 is 34.5 Å². The number of ether oxygens (including phenoxy) is 1. The summed E-state index contributed by atoms with van der Waals surface area (Å²) in [6, 6.07) is 1.79. The van der Waals surface area contributed by atoms with Gasteiger partial charge in [0.2, 0.25) is 0 Å². The van der Waals surface area contributed by atoms with Gasteiger partial charge in [0.05, 0.1) is 17.7 Å². The van der Waals surface area contributed by atoms with E-state index in [1.807, 2.05) is 0 Å². The number of rotatable bonds is 1. The van der Waals surface area contributed by atoms with Crippen molar-refractivity contribution in [2.24, 2.45) is 0 Å². The summed E-state index contributed by atoms with van der Waals surface area (Å²) in [5.74, 6) is -0.602. The summed E-state index contributed by atoms with van der Waals surface area (Å²) in [7, 11) is 1.23. The molecule has 1 heterocycles. The first kappa shape index (κ1) is 10.3. The van der Waals surface area contributed by atoms with Gasteiger partial charge in [0.15, 0.2) is 0 Å². The lowest BCUT2D eigenvalue weighted by atomic mass is 10.3. The van der Waals surface area contributed by atoms with Gasteiger partial charge in [-0.1, -0.05) is 23.2 Å². The lowest BCUT2D eigenvalue weighted by Crippen LogP contribution is -1.99. The molecule has 0 N–H and O–H groups in total. The number of nitriles is 1. The van der Waals surface area contributed by atoms with Crippen LogP contribution in [0.3, 0.4) is 0 Å². The van der Waals surface area contributed by atoms with Crippen molar-refractivity contribution >= 4 is 40.5 Å². The van der Waals surface area contributed by atoms with Crippen LogP contribution in [0.2, 0.25) is 9.36 Å². The van der Waals surface area contributed by atoms with E-state index < -0.39 is 5.97 Å². The second-order valence-electron chi connectivity index (χ2n) is 2.00. The third-order valence-corrected chi connectivity index (χ3v) is 3.26. The number of esters is 1. The first-order valence-electron chi connectivity index (χ1n) is 3.08. The van der Waals surface area contributed by atoms with E-state index in [-0.39, 0.29) is 19.8 Å². The van der Waals surface area contributed by atoms with Crippen molar-refractivity contribution in [3.63, 3.8) is 0 Å². The molecular formula is C7H3Cl2NO2S. The van der Waals surface area contributed by atoms with E-state index in [2.05, 4.69) is 4.74 Å². The van der Waals surface area contributed by atoms with Gasteiger partial charge in [-0.25, -0.2) is 4.79 Å². The average molecular weight is 236 g/mol. The highest BCUT2D eigenvalue weighted by Gasteiger charge is 2.21. The molecule has 0 atom stereocenters. The van der Waals surface area contributed by atoms with E-state index >= 15 is 0 Å². The zero-order valence-electron chi connectivity index (χ0n) is 6.43. The summed E-state index contributed by atoms with van der Waals surface area (Å²) in [6.45, 7) is 0. The monoisotopic (exact) mass is 235 g/mol. The molecule has 1 aromatic rings. The molecule has 13 heavy (non-hydrogen) atoms. The third kappa shape index (κ3) is 1.78. The molecule has 1 rings (SSSR count). The number of carbonyl (C=O) groups is 1. The van der Waals surface area contributed by atoms with Crippen LogP contribution in [0.25, 0.3) is 0 Å². The zero-order chi connectivity index (χ0) is 10.0. The Labute approximate surface area is 88.4 Å². The maximum absolute atomic E-state index is 11.1. The van der Waals surface area contributed by atoms with Crippen molar-refractivity contribution in [1.82, 2.24) is 0 Å².